The van der Waals surface area contributed by atoms with Crippen LogP contribution in [0, 0.1) is 5.92 Å². The summed E-state index contributed by atoms with van der Waals surface area (Å²) in [7, 11) is 0. The van der Waals surface area contributed by atoms with Gasteiger partial charge in [0.15, 0.2) is 5.58 Å². The summed E-state index contributed by atoms with van der Waals surface area (Å²) in [4.78, 5) is 20.4. The highest BCUT2D eigenvalue weighted by Gasteiger charge is 2.12. The summed E-state index contributed by atoms with van der Waals surface area (Å²) in [5.41, 5.74) is 2.77. The highest BCUT2D eigenvalue weighted by molar-refractivity contribution is 9.10. The first-order chi connectivity index (χ1) is 11.0. The predicted octanol–water partition coefficient (Wildman–Crippen LogP) is 4.50. The molecule has 3 rings (SSSR count). The minimum absolute atomic E-state index is 0.00748. The van der Waals surface area contributed by atoms with Crippen LogP contribution in [0.15, 0.2) is 45.4 Å². The molecule has 0 fully saturated rings. The fourth-order valence-electron chi connectivity index (χ4n) is 2.09. The molecule has 23 heavy (non-hydrogen) atoms. The molecule has 118 valence electrons. The topological polar surface area (TPSA) is 68.0 Å². The molecule has 0 aliphatic rings. The van der Waals surface area contributed by atoms with Crippen LogP contribution in [-0.2, 0) is 11.2 Å². The number of Topliss-reactive ketones (excluding diaryl/α,β-unsaturated/α-hetero) is 1. The number of carbonyl (C=O) groups excluding carboxylic acids is 1. The summed E-state index contributed by atoms with van der Waals surface area (Å²) < 4.78 is 6.61. The number of nitrogens with zero attached hydrogens (tertiary/aromatic N) is 2. The van der Waals surface area contributed by atoms with E-state index in [9.17, 15) is 4.79 Å². The van der Waals surface area contributed by atoms with Gasteiger partial charge in [0.1, 0.15) is 5.78 Å². The molecule has 2 aromatic heterocycles. The molecular weight excluding hydrogens is 358 g/mol. The lowest BCUT2D eigenvalue weighted by molar-refractivity contribution is -0.121. The largest absolute Gasteiger partial charge is 0.422 e. The average Bonchev–Trinajstić information content (AvgIpc) is 2.91. The average molecular weight is 374 g/mol. The molecule has 0 saturated heterocycles. The second-order valence-corrected chi connectivity index (χ2v) is 6.44. The molecule has 1 N–H and O–H groups in total. The zero-order chi connectivity index (χ0) is 16.4. The fourth-order valence-corrected chi connectivity index (χ4v) is 2.48. The van der Waals surface area contributed by atoms with Gasteiger partial charge in [0.2, 0.25) is 5.65 Å². The zero-order valence-corrected chi connectivity index (χ0v) is 14.4. The van der Waals surface area contributed by atoms with Crippen molar-refractivity contribution in [1.82, 2.24) is 9.97 Å². The van der Waals surface area contributed by atoms with Crippen molar-refractivity contribution < 1.29 is 9.21 Å². The summed E-state index contributed by atoms with van der Waals surface area (Å²) in [5, 5.41) is 3.11. The molecule has 0 aliphatic carbocycles. The maximum atomic E-state index is 11.8. The Morgan fingerprint density at radius 3 is 2.87 bits per heavy atom. The minimum atomic E-state index is 0.00748. The van der Waals surface area contributed by atoms with E-state index in [2.05, 4.69) is 31.2 Å². The number of para-hydroxylation sites is 1. The number of halogens is 1. The number of pyridine rings is 1. The van der Waals surface area contributed by atoms with E-state index in [4.69, 9.17) is 4.42 Å². The highest BCUT2D eigenvalue weighted by atomic mass is 79.9. The molecule has 0 spiro atoms. The third-order valence-corrected chi connectivity index (χ3v) is 4.13. The van der Waals surface area contributed by atoms with Crippen LogP contribution in [0.1, 0.15) is 19.4 Å². The van der Waals surface area contributed by atoms with Gasteiger partial charge in [0, 0.05) is 23.0 Å². The molecule has 2 heterocycles. The molecule has 0 unspecified atom stereocenters. The molecule has 0 atom stereocenters. The zero-order valence-electron chi connectivity index (χ0n) is 12.8. The summed E-state index contributed by atoms with van der Waals surface area (Å²) in [6.45, 7) is 3.78. The predicted molar refractivity (Wildman–Crippen MR) is 92.8 cm³/mol. The van der Waals surface area contributed by atoms with Crippen molar-refractivity contribution in [2.24, 2.45) is 5.92 Å². The third-order valence-electron chi connectivity index (χ3n) is 3.44. The van der Waals surface area contributed by atoms with E-state index < -0.39 is 0 Å². The van der Waals surface area contributed by atoms with E-state index in [1.807, 2.05) is 44.2 Å². The Labute approximate surface area is 142 Å². The number of nitrogens with one attached hydrogen (secondary N) is 1. The van der Waals surface area contributed by atoms with Crippen LogP contribution in [0.3, 0.4) is 0 Å². The first-order valence-electron chi connectivity index (χ1n) is 7.32. The summed E-state index contributed by atoms with van der Waals surface area (Å²) in [6.07, 6.45) is 2.03. The molecule has 1 aromatic carbocycles. The number of oxazole rings is 1. The standard InChI is InChI=1S/C17H16BrN3O2/c1-10(2)14(22)7-11-8-15-16(19-9-11)21-17(23-15)20-13-6-4-3-5-12(13)18/h3-6,8-10H,7H2,1-2H3,(H,19,20,21). The molecule has 0 amide bonds. The van der Waals surface area contributed by atoms with Gasteiger partial charge in [-0.25, -0.2) is 4.98 Å². The van der Waals surface area contributed by atoms with Crippen LogP contribution in [0.25, 0.3) is 11.2 Å². The SMILES string of the molecule is CC(C)C(=O)Cc1cnc2nc(Nc3ccccc3Br)oc2c1. The molecule has 3 aromatic rings. The summed E-state index contributed by atoms with van der Waals surface area (Å²) in [6, 6.07) is 9.88. The quantitative estimate of drug-likeness (QED) is 0.712. The van der Waals surface area contributed by atoms with E-state index >= 15 is 0 Å². The number of rotatable bonds is 5. The molecule has 0 saturated carbocycles. The molecule has 0 radical (unpaired) electrons. The van der Waals surface area contributed by atoms with E-state index in [-0.39, 0.29) is 11.7 Å². The lowest BCUT2D eigenvalue weighted by Crippen LogP contribution is -2.10. The van der Waals surface area contributed by atoms with Crippen molar-refractivity contribution in [3.63, 3.8) is 0 Å². The Morgan fingerprint density at radius 1 is 1.35 bits per heavy atom. The van der Waals surface area contributed by atoms with Crippen LogP contribution in [0.2, 0.25) is 0 Å². The van der Waals surface area contributed by atoms with Gasteiger partial charge in [-0.05, 0) is 39.7 Å². The van der Waals surface area contributed by atoms with Crippen molar-refractivity contribution >= 4 is 44.6 Å². The first kappa shape index (κ1) is 15.7. The number of ketones is 1. The second kappa shape index (κ2) is 6.50. The number of aromatic nitrogens is 2. The van der Waals surface area contributed by atoms with Crippen molar-refractivity contribution in [2.75, 3.05) is 5.32 Å². The lowest BCUT2D eigenvalue weighted by atomic mass is 10.0. The summed E-state index contributed by atoms with van der Waals surface area (Å²) in [5.74, 6) is 0.185. The van der Waals surface area contributed by atoms with Gasteiger partial charge in [0.05, 0.1) is 5.69 Å². The normalized spacial score (nSPS) is 11.1. The van der Waals surface area contributed by atoms with Crippen molar-refractivity contribution in [3.05, 3.63) is 46.6 Å². The van der Waals surface area contributed by atoms with Gasteiger partial charge in [-0.2, -0.15) is 4.98 Å². The Kier molecular flexibility index (Phi) is 4.43. The number of fused-ring (bicyclic) bond motifs is 1. The number of carbonyl (C=O) groups is 1. The van der Waals surface area contributed by atoms with Gasteiger partial charge < -0.3 is 9.73 Å². The molecule has 5 nitrogen and oxygen atoms in total. The molecular formula is C17H16BrN3O2. The van der Waals surface area contributed by atoms with Crippen LogP contribution in [-0.4, -0.2) is 15.8 Å². The monoisotopic (exact) mass is 373 g/mol. The van der Waals surface area contributed by atoms with Gasteiger partial charge in [-0.3, -0.25) is 4.79 Å². The van der Waals surface area contributed by atoms with Crippen LogP contribution in [0.5, 0.6) is 0 Å². The maximum absolute atomic E-state index is 11.8. The Hall–Kier alpha value is -2.21. The number of anilines is 2. The Balaban J connectivity index is 1.85. The van der Waals surface area contributed by atoms with E-state index in [1.54, 1.807) is 6.20 Å². The van der Waals surface area contributed by atoms with E-state index in [0.717, 1.165) is 15.7 Å². The molecule has 0 bridgehead atoms. The number of benzene rings is 1. The third kappa shape index (κ3) is 3.59. The van der Waals surface area contributed by atoms with Gasteiger partial charge >= 0.3 is 6.01 Å². The molecule has 6 heteroatoms. The van der Waals surface area contributed by atoms with Crippen LogP contribution < -0.4 is 5.32 Å². The van der Waals surface area contributed by atoms with Gasteiger partial charge in [0.25, 0.3) is 0 Å². The first-order valence-corrected chi connectivity index (χ1v) is 8.12. The molecule has 0 aliphatic heterocycles. The van der Waals surface area contributed by atoms with Gasteiger partial charge in [-0.15, -0.1) is 0 Å². The van der Waals surface area contributed by atoms with Crippen molar-refractivity contribution in [3.8, 4) is 0 Å². The van der Waals surface area contributed by atoms with Crippen molar-refractivity contribution in [2.45, 2.75) is 20.3 Å². The highest BCUT2D eigenvalue weighted by Crippen LogP contribution is 2.27. The minimum Gasteiger partial charge on any atom is -0.422 e. The summed E-state index contributed by atoms with van der Waals surface area (Å²) >= 11 is 3.46. The number of hydrogen-bond acceptors (Lipinski definition) is 5. The Morgan fingerprint density at radius 2 is 2.13 bits per heavy atom. The number of hydrogen-bond donors (Lipinski definition) is 1. The lowest BCUT2D eigenvalue weighted by Gasteiger charge is -2.03. The van der Waals surface area contributed by atoms with E-state index in [0.29, 0.717) is 23.7 Å². The maximum Gasteiger partial charge on any atom is 0.301 e. The van der Waals surface area contributed by atoms with E-state index in [1.165, 1.54) is 0 Å². The Bertz CT molecular complexity index is 858. The fraction of sp³-hybridized carbons (Fsp3) is 0.235. The van der Waals surface area contributed by atoms with Crippen LogP contribution >= 0.6 is 15.9 Å². The van der Waals surface area contributed by atoms with Crippen molar-refractivity contribution in [1.29, 1.82) is 0 Å². The second-order valence-electron chi connectivity index (χ2n) is 5.59. The van der Waals surface area contributed by atoms with Gasteiger partial charge in [-0.1, -0.05) is 26.0 Å². The smallest absolute Gasteiger partial charge is 0.301 e. The van der Waals surface area contributed by atoms with Crippen LogP contribution in [0.4, 0.5) is 11.7 Å².